The summed E-state index contributed by atoms with van der Waals surface area (Å²) in [7, 11) is 0. The predicted octanol–water partition coefficient (Wildman–Crippen LogP) is 5.06. The Morgan fingerprint density at radius 3 is 2.10 bits per heavy atom. The lowest BCUT2D eigenvalue weighted by Gasteiger charge is -2.42. The molecule has 1 heterocycles. The third kappa shape index (κ3) is 7.90. The van der Waals surface area contributed by atoms with E-state index < -0.39 is 41.0 Å². The number of hydrogen-bond donors (Lipinski definition) is 1. The first kappa shape index (κ1) is 30.3. The molecule has 0 aliphatic carbocycles. The average molecular weight is 540 g/mol. The third-order valence-electron chi connectivity index (χ3n) is 7.00. The lowest BCUT2D eigenvalue weighted by Crippen LogP contribution is -2.62. The maximum Gasteiger partial charge on any atom is 0.411 e. The zero-order chi connectivity index (χ0) is 28.6. The molecule has 8 nitrogen and oxygen atoms in total. The monoisotopic (exact) mass is 539 g/mol. The zero-order valence-corrected chi connectivity index (χ0v) is 23.6. The summed E-state index contributed by atoms with van der Waals surface area (Å²) < 4.78 is 17.0. The number of aliphatic hydroxyl groups excluding tert-OH is 1. The molecule has 0 saturated carbocycles. The quantitative estimate of drug-likeness (QED) is 0.398. The van der Waals surface area contributed by atoms with Gasteiger partial charge in [0.25, 0.3) is 0 Å². The fraction of sp³-hybridized carbons (Fsp3) is 0.516. The molecule has 8 heteroatoms. The van der Waals surface area contributed by atoms with Crippen LogP contribution in [0.25, 0.3) is 0 Å². The van der Waals surface area contributed by atoms with Gasteiger partial charge >= 0.3 is 12.1 Å². The number of hydrogen-bond acceptors (Lipinski definition) is 7. The highest BCUT2D eigenvalue weighted by Crippen LogP contribution is 2.40. The second kappa shape index (κ2) is 13.2. The lowest BCUT2D eigenvalue weighted by molar-refractivity contribution is -0.156. The van der Waals surface area contributed by atoms with E-state index in [0.29, 0.717) is 6.42 Å². The summed E-state index contributed by atoms with van der Waals surface area (Å²) in [5.74, 6) is -1.91. The van der Waals surface area contributed by atoms with E-state index in [1.165, 1.54) is 11.8 Å². The zero-order valence-electron chi connectivity index (χ0n) is 23.6. The second-order valence-electron chi connectivity index (χ2n) is 11.3. The fourth-order valence-corrected chi connectivity index (χ4v) is 4.99. The molecule has 2 aromatic carbocycles. The van der Waals surface area contributed by atoms with Crippen LogP contribution in [0.4, 0.5) is 4.79 Å². The molecule has 1 aliphatic rings. The SMILES string of the molecule is CC1CCC(C(=O)C[C@@H](COCc2ccccc2)C(=O)OCc2ccccc2)(C(C)O)N1C(=O)OC(C)(C)C. The molecule has 2 aromatic rings. The number of esters is 1. The molecular weight excluding hydrogens is 498 g/mol. The van der Waals surface area contributed by atoms with Gasteiger partial charge in [-0.1, -0.05) is 60.7 Å². The molecule has 1 N–H and O–H groups in total. The van der Waals surface area contributed by atoms with Crippen molar-refractivity contribution in [3.05, 3.63) is 71.8 Å². The van der Waals surface area contributed by atoms with Crippen LogP contribution < -0.4 is 0 Å². The number of aliphatic hydroxyl groups is 1. The van der Waals surface area contributed by atoms with Crippen molar-refractivity contribution in [1.82, 2.24) is 4.90 Å². The number of rotatable bonds is 11. The van der Waals surface area contributed by atoms with Crippen molar-refractivity contribution in [2.24, 2.45) is 5.92 Å². The van der Waals surface area contributed by atoms with Crippen LogP contribution in [-0.2, 0) is 37.0 Å². The molecule has 0 bridgehead atoms. The van der Waals surface area contributed by atoms with Crippen molar-refractivity contribution >= 4 is 17.8 Å². The summed E-state index contributed by atoms with van der Waals surface area (Å²) in [6.45, 7) is 8.86. The smallest absolute Gasteiger partial charge is 0.411 e. The number of carbonyl (C=O) groups excluding carboxylic acids is 3. The maximum atomic E-state index is 14.0. The van der Waals surface area contributed by atoms with Crippen LogP contribution in [0.5, 0.6) is 0 Å². The molecule has 0 radical (unpaired) electrons. The van der Waals surface area contributed by atoms with E-state index >= 15 is 0 Å². The van der Waals surface area contributed by atoms with Gasteiger partial charge in [-0.2, -0.15) is 0 Å². The first-order valence-electron chi connectivity index (χ1n) is 13.5. The van der Waals surface area contributed by atoms with Gasteiger partial charge in [-0.25, -0.2) is 4.79 Å². The number of amides is 1. The van der Waals surface area contributed by atoms with Crippen LogP contribution in [0.15, 0.2) is 60.7 Å². The van der Waals surface area contributed by atoms with Crippen molar-refractivity contribution in [2.45, 2.75) is 90.4 Å². The fourth-order valence-electron chi connectivity index (χ4n) is 4.99. The minimum absolute atomic E-state index is 0.0495. The van der Waals surface area contributed by atoms with Crippen molar-refractivity contribution in [3.63, 3.8) is 0 Å². The lowest BCUT2D eigenvalue weighted by atomic mass is 9.81. The number of benzene rings is 2. The second-order valence-corrected chi connectivity index (χ2v) is 11.3. The van der Waals surface area contributed by atoms with Gasteiger partial charge in [-0.15, -0.1) is 0 Å². The Labute approximate surface area is 231 Å². The number of ether oxygens (including phenoxy) is 3. The van der Waals surface area contributed by atoms with Crippen LogP contribution in [0.1, 0.15) is 65.0 Å². The molecule has 3 unspecified atom stereocenters. The first-order chi connectivity index (χ1) is 18.4. The van der Waals surface area contributed by atoms with E-state index in [4.69, 9.17) is 14.2 Å². The summed E-state index contributed by atoms with van der Waals surface area (Å²) in [6.07, 6.45) is -1.30. The van der Waals surface area contributed by atoms with E-state index in [0.717, 1.165) is 11.1 Å². The van der Waals surface area contributed by atoms with Gasteiger partial charge in [0, 0.05) is 12.5 Å². The Balaban J connectivity index is 1.81. The number of ketones is 1. The number of Topliss-reactive ketones (excluding diaryl/α,β-unsaturated/α-hetero) is 1. The van der Waals surface area contributed by atoms with Gasteiger partial charge in [0.2, 0.25) is 0 Å². The van der Waals surface area contributed by atoms with E-state index in [-0.39, 0.29) is 38.7 Å². The van der Waals surface area contributed by atoms with Crippen LogP contribution in [0.3, 0.4) is 0 Å². The van der Waals surface area contributed by atoms with Crippen LogP contribution in [0.2, 0.25) is 0 Å². The Morgan fingerprint density at radius 2 is 1.56 bits per heavy atom. The predicted molar refractivity (Wildman–Crippen MR) is 147 cm³/mol. The summed E-state index contributed by atoms with van der Waals surface area (Å²) >= 11 is 0. The molecule has 1 aliphatic heterocycles. The Bertz CT molecular complexity index is 1100. The molecule has 0 spiro atoms. The molecule has 212 valence electrons. The molecule has 1 saturated heterocycles. The van der Waals surface area contributed by atoms with Gasteiger partial charge in [0.15, 0.2) is 5.78 Å². The highest BCUT2D eigenvalue weighted by Gasteiger charge is 2.56. The van der Waals surface area contributed by atoms with Crippen molar-refractivity contribution < 1.29 is 33.7 Å². The summed E-state index contributed by atoms with van der Waals surface area (Å²) in [5, 5.41) is 10.9. The van der Waals surface area contributed by atoms with E-state index in [9.17, 15) is 19.5 Å². The molecule has 4 atom stereocenters. The first-order valence-corrected chi connectivity index (χ1v) is 13.5. The Kier molecular flexibility index (Phi) is 10.3. The number of nitrogens with zero attached hydrogens (tertiary/aromatic N) is 1. The van der Waals surface area contributed by atoms with Gasteiger partial charge in [0.05, 0.1) is 25.2 Å². The van der Waals surface area contributed by atoms with Gasteiger partial charge in [-0.05, 0) is 58.6 Å². The van der Waals surface area contributed by atoms with E-state index in [1.54, 1.807) is 20.8 Å². The van der Waals surface area contributed by atoms with Crippen LogP contribution in [0, 0.1) is 5.92 Å². The standard InChI is InChI=1S/C31H41NO7/c1-22-16-17-31(23(2)33,32(22)29(36)39-30(3,4)5)27(34)18-26(21-37-19-24-12-8-6-9-13-24)28(35)38-20-25-14-10-7-11-15-25/h6-15,22-23,26,33H,16-21H2,1-5H3/t22?,23?,26-,31?/m0/s1. The van der Waals surface area contributed by atoms with Gasteiger partial charge in [-0.3, -0.25) is 14.5 Å². The van der Waals surface area contributed by atoms with Crippen molar-refractivity contribution in [1.29, 1.82) is 0 Å². The summed E-state index contributed by atoms with van der Waals surface area (Å²) in [5.41, 5.74) is -0.537. The van der Waals surface area contributed by atoms with E-state index in [1.807, 2.05) is 67.6 Å². The van der Waals surface area contributed by atoms with Gasteiger partial charge in [0.1, 0.15) is 17.7 Å². The highest BCUT2D eigenvalue weighted by atomic mass is 16.6. The topological polar surface area (TPSA) is 102 Å². The summed E-state index contributed by atoms with van der Waals surface area (Å²) in [4.78, 5) is 41.8. The largest absolute Gasteiger partial charge is 0.461 e. The van der Waals surface area contributed by atoms with Crippen LogP contribution in [-0.4, -0.2) is 57.7 Å². The molecule has 1 fully saturated rings. The van der Waals surface area contributed by atoms with Crippen molar-refractivity contribution in [3.8, 4) is 0 Å². The molecule has 3 rings (SSSR count). The molecule has 1 amide bonds. The number of carbonyl (C=O) groups is 3. The average Bonchev–Trinajstić information content (AvgIpc) is 3.25. The minimum atomic E-state index is -1.51. The van der Waals surface area contributed by atoms with E-state index in [2.05, 4.69) is 0 Å². The molecule has 0 aromatic heterocycles. The van der Waals surface area contributed by atoms with Crippen molar-refractivity contribution in [2.75, 3.05) is 6.61 Å². The Morgan fingerprint density at radius 1 is 1.00 bits per heavy atom. The third-order valence-corrected chi connectivity index (χ3v) is 7.00. The molecular formula is C31H41NO7. The minimum Gasteiger partial charge on any atom is -0.461 e. The number of likely N-dealkylation sites (tertiary alicyclic amines) is 1. The van der Waals surface area contributed by atoms with Gasteiger partial charge < -0.3 is 19.3 Å². The highest BCUT2D eigenvalue weighted by molar-refractivity contribution is 5.95. The summed E-state index contributed by atoms with van der Waals surface area (Å²) in [6, 6.07) is 18.5. The van der Waals surface area contributed by atoms with Crippen LogP contribution >= 0.6 is 0 Å². The normalized spacial score (nSPS) is 20.8. The molecule has 39 heavy (non-hydrogen) atoms. The Hall–Kier alpha value is -3.23. The maximum absolute atomic E-state index is 14.0.